The fraction of sp³-hybridized carbons (Fsp3) is 0.391. The van der Waals surface area contributed by atoms with Crippen LogP contribution in [0.2, 0.25) is 0 Å². The van der Waals surface area contributed by atoms with Crippen molar-refractivity contribution >= 4 is 22.5 Å². The third kappa shape index (κ3) is 4.11. The molecule has 1 aliphatic heterocycles. The molecular formula is C23H23F3N4O. The number of H-pyrrole nitrogens is 1. The molecule has 1 saturated heterocycles. The molecule has 5 nitrogen and oxygen atoms in total. The van der Waals surface area contributed by atoms with Gasteiger partial charge in [-0.05, 0) is 48.4 Å². The van der Waals surface area contributed by atoms with Crippen LogP contribution in [-0.2, 0) is 11.0 Å². The highest BCUT2D eigenvalue weighted by molar-refractivity contribution is 5.84. The quantitative estimate of drug-likeness (QED) is 0.630. The third-order valence-electron chi connectivity index (χ3n) is 6.35. The number of hydrogen-bond donors (Lipinski definition) is 2. The van der Waals surface area contributed by atoms with E-state index in [1.807, 2.05) is 17.0 Å². The number of anilines is 1. The molecule has 0 unspecified atom stereocenters. The van der Waals surface area contributed by atoms with Crippen molar-refractivity contribution in [2.45, 2.75) is 37.4 Å². The number of hydrogen-bond acceptors (Lipinski definition) is 3. The van der Waals surface area contributed by atoms with Crippen LogP contribution in [0.25, 0.3) is 10.9 Å². The van der Waals surface area contributed by atoms with Crippen molar-refractivity contribution in [3.8, 4) is 0 Å². The summed E-state index contributed by atoms with van der Waals surface area (Å²) in [6, 6.07) is 10.6. The number of rotatable bonds is 5. The molecule has 31 heavy (non-hydrogen) atoms. The Labute approximate surface area is 177 Å². The molecule has 2 aliphatic rings. The van der Waals surface area contributed by atoms with Gasteiger partial charge in [-0.3, -0.25) is 4.79 Å². The first-order valence-electron chi connectivity index (χ1n) is 10.5. The zero-order valence-electron chi connectivity index (χ0n) is 16.8. The molecule has 2 N–H and O–H groups in total. The molecule has 5 rings (SSSR count). The molecule has 162 valence electrons. The van der Waals surface area contributed by atoms with Gasteiger partial charge in [-0.25, -0.2) is 4.98 Å². The normalized spacial score (nSPS) is 23.3. The molecule has 0 radical (unpaired) electrons. The third-order valence-corrected chi connectivity index (χ3v) is 6.35. The SMILES string of the molecule is O=C(C[C@@H]1C[C@H]1c1c[nH]c2ccccc12)N[C@@H]1CCN(c2ccc(C(F)(F)F)nc2)C1. The highest BCUT2D eigenvalue weighted by Crippen LogP contribution is 2.51. The van der Waals surface area contributed by atoms with Gasteiger partial charge in [-0.2, -0.15) is 13.2 Å². The summed E-state index contributed by atoms with van der Waals surface area (Å²) in [6.07, 6.45) is 1.16. The van der Waals surface area contributed by atoms with Crippen molar-refractivity contribution in [3.05, 3.63) is 60.0 Å². The topological polar surface area (TPSA) is 61.0 Å². The van der Waals surface area contributed by atoms with Crippen molar-refractivity contribution in [1.29, 1.82) is 0 Å². The molecule has 2 aromatic heterocycles. The fourth-order valence-corrected chi connectivity index (χ4v) is 4.63. The molecule has 1 amide bonds. The molecule has 3 heterocycles. The van der Waals surface area contributed by atoms with Crippen LogP contribution >= 0.6 is 0 Å². The number of halogens is 3. The van der Waals surface area contributed by atoms with Gasteiger partial charge in [0, 0.05) is 42.7 Å². The molecular weight excluding hydrogens is 405 g/mol. The van der Waals surface area contributed by atoms with Gasteiger partial charge < -0.3 is 15.2 Å². The minimum Gasteiger partial charge on any atom is -0.368 e. The molecule has 1 aromatic carbocycles. The van der Waals surface area contributed by atoms with E-state index in [0.29, 0.717) is 37.0 Å². The van der Waals surface area contributed by atoms with Crippen LogP contribution in [-0.4, -0.2) is 35.0 Å². The number of aromatic amines is 1. The lowest BCUT2D eigenvalue weighted by Gasteiger charge is -2.19. The van der Waals surface area contributed by atoms with E-state index in [0.717, 1.165) is 24.4 Å². The predicted molar refractivity (Wildman–Crippen MR) is 112 cm³/mol. The summed E-state index contributed by atoms with van der Waals surface area (Å²) in [7, 11) is 0. The van der Waals surface area contributed by atoms with Gasteiger partial charge in [-0.15, -0.1) is 0 Å². The fourth-order valence-electron chi connectivity index (χ4n) is 4.63. The Morgan fingerprint density at radius 2 is 2.06 bits per heavy atom. The summed E-state index contributed by atoms with van der Waals surface area (Å²) in [4.78, 5) is 21.3. The zero-order chi connectivity index (χ0) is 21.6. The van der Waals surface area contributed by atoms with E-state index in [9.17, 15) is 18.0 Å². The molecule has 1 aliphatic carbocycles. The Kier molecular flexibility index (Phi) is 4.87. The number of aromatic nitrogens is 2. The standard InChI is InChI=1S/C23H23F3N4O/c24-23(25,26)21-6-5-16(11-28-21)30-8-7-15(13-30)29-22(31)10-14-9-18(14)19-12-27-20-4-2-1-3-17(19)20/h1-6,11-12,14-15,18,27H,7-10,13H2,(H,29,31)/t14-,15+,18+/m0/s1. The summed E-state index contributed by atoms with van der Waals surface area (Å²) < 4.78 is 38.0. The number of para-hydroxylation sites is 1. The maximum atomic E-state index is 12.7. The number of carbonyl (C=O) groups excluding carboxylic acids is 1. The van der Waals surface area contributed by atoms with Crippen LogP contribution in [0.5, 0.6) is 0 Å². The number of amides is 1. The van der Waals surface area contributed by atoms with Crippen molar-refractivity contribution < 1.29 is 18.0 Å². The van der Waals surface area contributed by atoms with Crippen molar-refractivity contribution in [2.75, 3.05) is 18.0 Å². The second kappa shape index (κ2) is 7.59. The number of pyridine rings is 1. The number of alkyl halides is 3. The first kappa shape index (κ1) is 19.9. The molecule has 1 saturated carbocycles. The second-order valence-electron chi connectivity index (χ2n) is 8.49. The van der Waals surface area contributed by atoms with Gasteiger partial charge in [0.1, 0.15) is 5.69 Å². The van der Waals surface area contributed by atoms with Crippen LogP contribution in [0.15, 0.2) is 48.8 Å². The van der Waals surface area contributed by atoms with Gasteiger partial charge in [0.25, 0.3) is 0 Å². The lowest BCUT2D eigenvalue weighted by Crippen LogP contribution is -2.37. The predicted octanol–water partition coefficient (Wildman–Crippen LogP) is 4.47. The summed E-state index contributed by atoms with van der Waals surface area (Å²) in [5.74, 6) is 0.820. The van der Waals surface area contributed by atoms with Crippen LogP contribution in [0.1, 0.15) is 36.4 Å². The molecule has 2 fully saturated rings. The van der Waals surface area contributed by atoms with Crippen LogP contribution < -0.4 is 10.2 Å². The van der Waals surface area contributed by atoms with E-state index < -0.39 is 11.9 Å². The Morgan fingerprint density at radius 1 is 1.23 bits per heavy atom. The van der Waals surface area contributed by atoms with Crippen LogP contribution in [0.3, 0.4) is 0 Å². The largest absolute Gasteiger partial charge is 0.433 e. The van der Waals surface area contributed by atoms with E-state index >= 15 is 0 Å². The monoisotopic (exact) mass is 428 g/mol. The summed E-state index contributed by atoms with van der Waals surface area (Å²) in [5, 5.41) is 4.33. The lowest BCUT2D eigenvalue weighted by atomic mass is 10.1. The minimum absolute atomic E-state index is 0.0000754. The lowest BCUT2D eigenvalue weighted by molar-refractivity contribution is -0.141. The maximum absolute atomic E-state index is 12.7. The van der Waals surface area contributed by atoms with E-state index in [1.54, 1.807) is 0 Å². The molecule has 0 bridgehead atoms. The van der Waals surface area contributed by atoms with Crippen LogP contribution in [0, 0.1) is 5.92 Å². The molecule has 3 atom stereocenters. The van der Waals surface area contributed by atoms with E-state index in [1.165, 1.54) is 23.2 Å². The van der Waals surface area contributed by atoms with Crippen LogP contribution in [0.4, 0.5) is 18.9 Å². The van der Waals surface area contributed by atoms with Gasteiger partial charge >= 0.3 is 6.18 Å². The first-order valence-corrected chi connectivity index (χ1v) is 10.5. The van der Waals surface area contributed by atoms with E-state index in [2.05, 4.69) is 33.6 Å². The molecule has 8 heteroatoms. The number of nitrogens with zero attached hydrogens (tertiary/aromatic N) is 2. The summed E-state index contributed by atoms with van der Waals surface area (Å²) in [6.45, 7) is 1.26. The minimum atomic E-state index is -4.44. The Hall–Kier alpha value is -3.03. The van der Waals surface area contributed by atoms with Gasteiger partial charge in [0.15, 0.2) is 0 Å². The average molecular weight is 428 g/mol. The number of benzene rings is 1. The van der Waals surface area contributed by atoms with Crippen molar-refractivity contribution in [1.82, 2.24) is 15.3 Å². The second-order valence-corrected chi connectivity index (χ2v) is 8.49. The van der Waals surface area contributed by atoms with Gasteiger partial charge in [0.2, 0.25) is 5.91 Å². The zero-order valence-corrected chi connectivity index (χ0v) is 16.8. The van der Waals surface area contributed by atoms with Gasteiger partial charge in [0.05, 0.1) is 11.9 Å². The first-order chi connectivity index (χ1) is 14.9. The summed E-state index contributed by atoms with van der Waals surface area (Å²) >= 11 is 0. The number of carbonyl (C=O) groups is 1. The maximum Gasteiger partial charge on any atom is 0.433 e. The summed E-state index contributed by atoms with van der Waals surface area (Å²) in [5.41, 5.74) is 2.16. The number of nitrogens with one attached hydrogen (secondary N) is 2. The Balaban J connectivity index is 1.13. The average Bonchev–Trinajstić information content (AvgIpc) is 3.14. The van der Waals surface area contributed by atoms with Crippen molar-refractivity contribution in [2.24, 2.45) is 5.92 Å². The van der Waals surface area contributed by atoms with E-state index in [-0.39, 0.29) is 11.9 Å². The van der Waals surface area contributed by atoms with Gasteiger partial charge in [-0.1, -0.05) is 18.2 Å². The number of fused-ring (bicyclic) bond motifs is 1. The van der Waals surface area contributed by atoms with Crippen molar-refractivity contribution in [3.63, 3.8) is 0 Å². The highest BCUT2D eigenvalue weighted by Gasteiger charge is 2.41. The Morgan fingerprint density at radius 3 is 2.84 bits per heavy atom. The Bertz CT molecular complexity index is 1090. The highest BCUT2D eigenvalue weighted by atomic mass is 19.4. The smallest absolute Gasteiger partial charge is 0.368 e. The molecule has 0 spiro atoms. The molecule has 3 aromatic rings. The van der Waals surface area contributed by atoms with E-state index in [4.69, 9.17) is 0 Å².